The Balaban J connectivity index is 1.36. The largest absolute Gasteiger partial charge is 0.497 e. The Morgan fingerprint density at radius 3 is 2.50 bits per heavy atom. The van der Waals surface area contributed by atoms with Crippen LogP contribution in [0.25, 0.3) is 10.1 Å². The zero-order chi connectivity index (χ0) is 23.9. The van der Waals surface area contributed by atoms with E-state index in [0.717, 1.165) is 15.8 Å². The Morgan fingerprint density at radius 1 is 0.971 bits per heavy atom. The van der Waals surface area contributed by atoms with Crippen molar-refractivity contribution in [2.75, 3.05) is 25.6 Å². The molecule has 0 saturated carbocycles. The number of hydrogen-bond acceptors (Lipinski definition) is 6. The van der Waals surface area contributed by atoms with Crippen molar-refractivity contribution in [2.45, 2.75) is 0 Å². The Labute approximate surface area is 211 Å². The highest BCUT2D eigenvalue weighted by Crippen LogP contribution is 2.37. The normalized spacial score (nSPS) is 10.5. The van der Waals surface area contributed by atoms with Crippen LogP contribution in [-0.4, -0.2) is 31.3 Å². The number of ether oxygens (including phenoxy) is 3. The fourth-order valence-electron chi connectivity index (χ4n) is 3.16. The summed E-state index contributed by atoms with van der Waals surface area (Å²) in [7, 11) is 1.59. The molecule has 0 aliphatic carbocycles. The van der Waals surface area contributed by atoms with Crippen LogP contribution < -0.4 is 24.8 Å². The van der Waals surface area contributed by atoms with Crippen molar-refractivity contribution in [1.82, 2.24) is 5.32 Å². The lowest BCUT2D eigenvalue weighted by molar-refractivity contribution is 0.0982. The molecule has 0 atom stereocenters. The van der Waals surface area contributed by atoms with E-state index in [0.29, 0.717) is 40.3 Å². The molecule has 0 spiro atoms. The summed E-state index contributed by atoms with van der Waals surface area (Å²) in [6, 6.07) is 22.3. The van der Waals surface area contributed by atoms with Crippen molar-refractivity contribution in [3.05, 3.63) is 82.7 Å². The van der Waals surface area contributed by atoms with Gasteiger partial charge in [0.05, 0.1) is 17.8 Å². The topological polar surface area (TPSA) is 68.8 Å². The van der Waals surface area contributed by atoms with E-state index in [1.807, 2.05) is 66.7 Å². The number of nitrogens with one attached hydrogen (secondary N) is 2. The SMILES string of the molecule is COc1ccc2c(Cl)c(C(=O)NC(=S)Nc3ccccc3OCCOc3ccccc3)sc2c1. The average Bonchev–Trinajstić information content (AvgIpc) is 3.19. The fraction of sp³-hybridized carbons (Fsp3) is 0.120. The maximum Gasteiger partial charge on any atom is 0.269 e. The van der Waals surface area contributed by atoms with E-state index in [-0.39, 0.29) is 5.11 Å². The van der Waals surface area contributed by atoms with Crippen molar-refractivity contribution in [3.8, 4) is 17.2 Å². The molecule has 1 aromatic heterocycles. The second kappa shape index (κ2) is 11.2. The van der Waals surface area contributed by atoms with Gasteiger partial charge in [-0.2, -0.15) is 0 Å². The maximum absolute atomic E-state index is 12.8. The quantitative estimate of drug-likeness (QED) is 0.218. The Bertz CT molecular complexity index is 1310. The van der Waals surface area contributed by atoms with Crippen molar-refractivity contribution >= 4 is 61.9 Å². The molecule has 0 aliphatic rings. The molecule has 1 heterocycles. The molecule has 0 bridgehead atoms. The van der Waals surface area contributed by atoms with Crippen LogP contribution in [0.4, 0.5) is 5.69 Å². The van der Waals surface area contributed by atoms with Crippen LogP contribution in [-0.2, 0) is 0 Å². The van der Waals surface area contributed by atoms with Crippen LogP contribution in [0.1, 0.15) is 9.67 Å². The number of thiophene rings is 1. The number of methoxy groups -OCH3 is 1. The predicted molar refractivity (Wildman–Crippen MR) is 141 cm³/mol. The van der Waals surface area contributed by atoms with E-state index in [9.17, 15) is 4.79 Å². The molecule has 1 amide bonds. The first kappa shape index (κ1) is 23.8. The van der Waals surface area contributed by atoms with Gasteiger partial charge in [0, 0.05) is 10.1 Å². The van der Waals surface area contributed by atoms with Crippen LogP contribution >= 0.6 is 35.2 Å². The lowest BCUT2D eigenvalue weighted by Gasteiger charge is -2.14. The van der Waals surface area contributed by atoms with Crippen molar-refractivity contribution < 1.29 is 19.0 Å². The molecule has 6 nitrogen and oxygen atoms in total. The van der Waals surface area contributed by atoms with Gasteiger partial charge in [-0.1, -0.05) is 41.9 Å². The van der Waals surface area contributed by atoms with E-state index < -0.39 is 5.91 Å². The van der Waals surface area contributed by atoms with Gasteiger partial charge in [-0.25, -0.2) is 0 Å². The van der Waals surface area contributed by atoms with Gasteiger partial charge >= 0.3 is 0 Å². The summed E-state index contributed by atoms with van der Waals surface area (Å²) in [5.41, 5.74) is 0.625. The summed E-state index contributed by atoms with van der Waals surface area (Å²) < 4.78 is 17.6. The van der Waals surface area contributed by atoms with Crippen molar-refractivity contribution in [2.24, 2.45) is 0 Å². The zero-order valence-electron chi connectivity index (χ0n) is 18.2. The van der Waals surface area contributed by atoms with E-state index >= 15 is 0 Å². The Morgan fingerprint density at radius 2 is 1.71 bits per heavy atom. The van der Waals surface area contributed by atoms with Crippen molar-refractivity contribution in [3.63, 3.8) is 0 Å². The summed E-state index contributed by atoms with van der Waals surface area (Å²) in [4.78, 5) is 13.2. The number of carbonyl (C=O) groups excluding carboxylic acids is 1. The molecule has 0 unspecified atom stereocenters. The van der Waals surface area contributed by atoms with E-state index in [1.54, 1.807) is 13.2 Å². The van der Waals surface area contributed by atoms with Gasteiger partial charge in [0.2, 0.25) is 0 Å². The predicted octanol–water partition coefficient (Wildman–Crippen LogP) is 6.15. The molecule has 34 heavy (non-hydrogen) atoms. The summed E-state index contributed by atoms with van der Waals surface area (Å²) in [6.45, 7) is 0.725. The fourth-order valence-corrected chi connectivity index (χ4v) is 4.80. The number of benzene rings is 3. The van der Waals surface area contributed by atoms with Gasteiger partial charge in [-0.05, 0) is 54.7 Å². The number of rotatable bonds is 8. The second-order valence-corrected chi connectivity index (χ2v) is 8.86. The number of carbonyl (C=O) groups is 1. The van der Waals surface area contributed by atoms with Crippen molar-refractivity contribution in [1.29, 1.82) is 0 Å². The van der Waals surface area contributed by atoms with E-state index in [2.05, 4.69) is 10.6 Å². The summed E-state index contributed by atoms with van der Waals surface area (Å²) in [5.74, 6) is 1.67. The molecule has 2 N–H and O–H groups in total. The molecule has 4 aromatic rings. The molecule has 0 saturated heterocycles. The van der Waals surface area contributed by atoms with Crippen LogP contribution in [0.2, 0.25) is 5.02 Å². The van der Waals surface area contributed by atoms with Crippen LogP contribution in [0, 0.1) is 0 Å². The second-order valence-electron chi connectivity index (χ2n) is 7.02. The van der Waals surface area contributed by atoms with E-state index in [4.69, 9.17) is 38.0 Å². The smallest absolute Gasteiger partial charge is 0.269 e. The molecule has 0 fully saturated rings. The standard InChI is InChI=1S/C25H21ClN2O4S2/c1-30-17-11-12-18-21(15-17)34-23(22(18)26)24(29)28-25(33)27-19-9-5-6-10-20(19)32-14-13-31-16-7-3-2-4-8-16/h2-12,15H,13-14H2,1H3,(H2,27,28,29,33). The molecule has 0 radical (unpaired) electrons. The van der Waals surface area contributed by atoms with Gasteiger partial charge < -0.3 is 19.5 Å². The molecule has 9 heteroatoms. The third-order valence-corrected chi connectivity index (χ3v) is 6.62. The molecule has 3 aromatic carbocycles. The van der Waals surface area contributed by atoms with E-state index in [1.165, 1.54) is 11.3 Å². The monoisotopic (exact) mass is 512 g/mol. The summed E-state index contributed by atoms with van der Waals surface area (Å²) in [6.07, 6.45) is 0. The van der Waals surface area contributed by atoms with Gasteiger partial charge in [0.1, 0.15) is 35.3 Å². The first-order valence-electron chi connectivity index (χ1n) is 10.3. The summed E-state index contributed by atoms with van der Waals surface area (Å²) in [5, 5.41) is 7.00. The minimum atomic E-state index is -0.391. The van der Waals surface area contributed by atoms with Crippen LogP contribution in [0.5, 0.6) is 17.2 Å². The number of hydrogen-bond donors (Lipinski definition) is 2. The third-order valence-electron chi connectivity index (χ3n) is 4.76. The minimum absolute atomic E-state index is 0.132. The lowest BCUT2D eigenvalue weighted by Crippen LogP contribution is -2.34. The average molecular weight is 513 g/mol. The molecule has 0 aliphatic heterocycles. The van der Waals surface area contributed by atoms with Gasteiger partial charge in [0.25, 0.3) is 5.91 Å². The van der Waals surface area contributed by atoms with Gasteiger partial charge in [-0.15, -0.1) is 11.3 Å². The Hall–Kier alpha value is -3.33. The number of halogens is 1. The number of amides is 1. The minimum Gasteiger partial charge on any atom is -0.497 e. The molecule has 4 rings (SSSR count). The van der Waals surface area contributed by atoms with Crippen LogP contribution in [0.3, 0.4) is 0 Å². The molecular formula is C25H21ClN2O4S2. The number of thiocarbonyl (C=S) groups is 1. The maximum atomic E-state index is 12.8. The number of anilines is 1. The highest BCUT2D eigenvalue weighted by atomic mass is 35.5. The first-order chi connectivity index (χ1) is 16.5. The first-order valence-corrected chi connectivity index (χ1v) is 11.9. The third kappa shape index (κ3) is 5.77. The number of para-hydroxylation sites is 3. The summed E-state index contributed by atoms with van der Waals surface area (Å²) >= 11 is 13.1. The van der Waals surface area contributed by atoms with Gasteiger partial charge in [0.15, 0.2) is 5.11 Å². The Kier molecular flexibility index (Phi) is 7.84. The molecular weight excluding hydrogens is 492 g/mol. The lowest BCUT2D eigenvalue weighted by atomic mass is 10.2. The highest BCUT2D eigenvalue weighted by molar-refractivity contribution is 7.80. The van der Waals surface area contributed by atoms with Gasteiger partial charge in [-0.3, -0.25) is 10.1 Å². The zero-order valence-corrected chi connectivity index (χ0v) is 20.6. The highest BCUT2D eigenvalue weighted by Gasteiger charge is 2.19. The molecule has 174 valence electrons. The van der Waals surface area contributed by atoms with Crippen LogP contribution in [0.15, 0.2) is 72.8 Å². The number of fused-ring (bicyclic) bond motifs is 1.